The van der Waals surface area contributed by atoms with E-state index in [2.05, 4.69) is 30.8 Å². The van der Waals surface area contributed by atoms with Gasteiger partial charge in [-0.05, 0) is 53.6 Å². The minimum atomic E-state index is -4.45. The van der Waals surface area contributed by atoms with Crippen LogP contribution in [0.15, 0.2) is 53.4 Å². The normalized spacial score (nSPS) is 11.9. The molecule has 0 radical (unpaired) electrons. The average Bonchev–Trinajstić information content (AvgIpc) is 2.59. The predicted molar refractivity (Wildman–Crippen MR) is 99.2 cm³/mol. The van der Waals surface area contributed by atoms with Gasteiger partial charge < -0.3 is 5.32 Å². The van der Waals surface area contributed by atoms with Gasteiger partial charge in [0.1, 0.15) is 0 Å². The maximum absolute atomic E-state index is 12.7. The highest BCUT2D eigenvalue weighted by atomic mass is 32.2. The molecule has 2 aromatic rings. The zero-order valence-electron chi connectivity index (χ0n) is 14.8. The Bertz CT molecular complexity index is 775. The molecule has 0 atom stereocenters. The lowest BCUT2D eigenvalue weighted by molar-refractivity contribution is -0.137. The summed E-state index contributed by atoms with van der Waals surface area (Å²) < 4.78 is 40.8. The van der Waals surface area contributed by atoms with Crippen molar-refractivity contribution in [1.29, 1.82) is 0 Å². The van der Waals surface area contributed by atoms with Crippen LogP contribution < -0.4 is 10.0 Å². The van der Waals surface area contributed by atoms with Gasteiger partial charge in [-0.1, -0.05) is 45.0 Å². The van der Waals surface area contributed by atoms with Crippen LogP contribution in [0.5, 0.6) is 0 Å². The van der Waals surface area contributed by atoms with Gasteiger partial charge in [0.05, 0.1) is 5.56 Å². The van der Waals surface area contributed by atoms with Gasteiger partial charge in [0.15, 0.2) is 0 Å². The summed E-state index contributed by atoms with van der Waals surface area (Å²) in [7, 11) is 0. The largest absolute Gasteiger partial charge is 0.416 e. The third kappa shape index (κ3) is 5.17. The molecule has 2 rings (SSSR count). The zero-order valence-corrected chi connectivity index (χ0v) is 15.6. The Hall–Kier alpha value is -2.15. The number of benzene rings is 2. The second kappa shape index (κ2) is 8.03. The number of carbonyl (C=O) groups is 1. The van der Waals surface area contributed by atoms with Crippen LogP contribution in [-0.4, -0.2) is 6.03 Å². The smallest absolute Gasteiger partial charge is 0.307 e. The molecule has 0 spiro atoms. The first kappa shape index (κ1) is 20.2. The van der Waals surface area contributed by atoms with Crippen LogP contribution in [0.3, 0.4) is 0 Å². The lowest BCUT2D eigenvalue weighted by Crippen LogP contribution is -2.24. The zero-order chi connectivity index (χ0) is 19.4. The quantitative estimate of drug-likeness (QED) is 0.603. The molecular weight excluding hydrogens is 361 g/mol. The van der Waals surface area contributed by atoms with Gasteiger partial charge in [-0.3, -0.25) is 4.72 Å². The van der Waals surface area contributed by atoms with Crippen LogP contribution >= 0.6 is 11.9 Å². The monoisotopic (exact) mass is 382 g/mol. The summed E-state index contributed by atoms with van der Waals surface area (Å²) in [6.07, 6.45) is -3.52. The highest BCUT2D eigenvalue weighted by Gasteiger charge is 2.30. The molecule has 0 aromatic heterocycles. The number of nitrogens with one attached hydrogen (secondary N) is 2. The van der Waals surface area contributed by atoms with E-state index < -0.39 is 17.8 Å². The highest BCUT2D eigenvalue weighted by Crippen LogP contribution is 2.34. The number of carbonyl (C=O) groups excluding carboxylic acids is 1. The molecule has 0 aliphatic heterocycles. The van der Waals surface area contributed by atoms with Crippen LogP contribution in [0.1, 0.15) is 38.3 Å². The average molecular weight is 382 g/mol. The number of urea groups is 1. The summed E-state index contributed by atoms with van der Waals surface area (Å²) in [6, 6.07) is 11.7. The van der Waals surface area contributed by atoms with Crippen molar-refractivity contribution >= 4 is 23.7 Å². The maximum Gasteiger partial charge on any atom is 0.416 e. The molecule has 3 nitrogen and oxygen atoms in total. The van der Waals surface area contributed by atoms with Crippen molar-refractivity contribution in [3.8, 4) is 0 Å². The molecule has 0 unspecified atom stereocenters. The number of rotatable bonds is 5. The first-order valence-corrected chi connectivity index (χ1v) is 8.96. The second-order valence-electron chi connectivity index (χ2n) is 6.47. The lowest BCUT2D eigenvalue weighted by atomic mass is 9.82. The van der Waals surface area contributed by atoms with E-state index in [1.165, 1.54) is 12.1 Å². The van der Waals surface area contributed by atoms with E-state index >= 15 is 0 Å². The minimum absolute atomic E-state index is 0.0528. The van der Waals surface area contributed by atoms with Gasteiger partial charge >= 0.3 is 12.2 Å². The molecule has 0 aliphatic rings. The van der Waals surface area contributed by atoms with Gasteiger partial charge in [0.2, 0.25) is 0 Å². The lowest BCUT2D eigenvalue weighted by Gasteiger charge is -2.25. The molecule has 0 heterocycles. The minimum Gasteiger partial charge on any atom is -0.307 e. The SMILES string of the molecule is CCC(C)(C)c1ccccc1SNC(=O)Nc1cccc(C(F)(F)F)c1. The van der Waals surface area contributed by atoms with E-state index in [0.717, 1.165) is 41.0 Å². The van der Waals surface area contributed by atoms with E-state index in [4.69, 9.17) is 0 Å². The Balaban J connectivity index is 2.05. The van der Waals surface area contributed by atoms with Gasteiger partial charge in [0.25, 0.3) is 0 Å². The fourth-order valence-electron chi connectivity index (χ4n) is 2.34. The molecule has 2 aromatic carbocycles. The molecule has 0 saturated carbocycles. The topological polar surface area (TPSA) is 41.1 Å². The maximum atomic E-state index is 12.7. The molecule has 0 saturated heterocycles. The van der Waals surface area contributed by atoms with E-state index in [1.54, 1.807) is 0 Å². The third-order valence-electron chi connectivity index (χ3n) is 4.20. The van der Waals surface area contributed by atoms with Crippen LogP contribution in [0.2, 0.25) is 0 Å². The Morgan fingerprint density at radius 1 is 1.08 bits per heavy atom. The van der Waals surface area contributed by atoms with Crippen LogP contribution in [0.4, 0.5) is 23.7 Å². The number of amides is 2. The van der Waals surface area contributed by atoms with Crippen LogP contribution in [0, 0.1) is 0 Å². The van der Waals surface area contributed by atoms with Crippen molar-refractivity contribution in [2.24, 2.45) is 0 Å². The van der Waals surface area contributed by atoms with Gasteiger partial charge in [0, 0.05) is 10.6 Å². The summed E-state index contributed by atoms with van der Waals surface area (Å²) >= 11 is 1.14. The van der Waals surface area contributed by atoms with Crippen LogP contribution in [-0.2, 0) is 11.6 Å². The van der Waals surface area contributed by atoms with E-state index in [1.807, 2.05) is 24.3 Å². The van der Waals surface area contributed by atoms with Crippen molar-refractivity contribution in [2.45, 2.75) is 43.7 Å². The fourth-order valence-corrected chi connectivity index (χ4v) is 3.19. The van der Waals surface area contributed by atoms with Crippen molar-refractivity contribution in [3.63, 3.8) is 0 Å². The van der Waals surface area contributed by atoms with Gasteiger partial charge in [-0.25, -0.2) is 4.79 Å². The van der Waals surface area contributed by atoms with Crippen molar-refractivity contribution in [3.05, 3.63) is 59.7 Å². The highest BCUT2D eigenvalue weighted by molar-refractivity contribution is 7.98. The number of hydrogen-bond acceptors (Lipinski definition) is 2. The summed E-state index contributed by atoms with van der Waals surface area (Å²) in [4.78, 5) is 13.0. The van der Waals surface area contributed by atoms with Crippen molar-refractivity contribution in [2.75, 3.05) is 5.32 Å². The number of halogens is 3. The number of anilines is 1. The molecule has 0 bridgehead atoms. The van der Waals surface area contributed by atoms with Crippen LogP contribution in [0.25, 0.3) is 0 Å². The number of alkyl halides is 3. The van der Waals surface area contributed by atoms with E-state index in [9.17, 15) is 18.0 Å². The van der Waals surface area contributed by atoms with E-state index in [-0.39, 0.29) is 11.1 Å². The summed E-state index contributed by atoms with van der Waals surface area (Å²) in [5, 5.41) is 2.43. The molecule has 2 N–H and O–H groups in total. The Morgan fingerprint density at radius 3 is 2.42 bits per heavy atom. The summed E-state index contributed by atoms with van der Waals surface area (Å²) in [6.45, 7) is 6.33. The molecule has 140 valence electrons. The van der Waals surface area contributed by atoms with Gasteiger partial charge in [-0.15, -0.1) is 0 Å². The molecule has 26 heavy (non-hydrogen) atoms. The third-order valence-corrected chi connectivity index (χ3v) is 5.06. The molecule has 0 aliphatic carbocycles. The van der Waals surface area contributed by atoms with Crippen molar-refractivity contribution < 1.29 is 18.0 Å². The predicted octanol–water partition coefficient (Wildman–Crippen LogP) is 6.22. The Morgan fingerprint density at radius 2 is 1.77 bits per heavy atom. The standard InChI is InChI=1S/C19H21F3N2OS/c1-4-18(2,3)15-10-5-6-11-16(15)26-24-17(25)23-14-9-7-8-13(12-14)19(20,21)22/h5-12H,4H2,1-3H3,(H2,23,24,25). The summed E-state index contributed by atoms with van der Waals surface area (Å²) in [5.74, 6) is 0. The molecule has 7 heteroatoms. The first-order chi connectivity index (χ1) is 12.1. The van der Waals surface area contributed by atoms with Gasteiger partial charge in [-0.2, -0.15) is 13.2 Å². The van der Waals surface area contributed by atoms with Crippen molar-refractivity contribution in [1.82, 2.24) is 4.72 Å². The Kier molecular flexibility index (Phi) is 6.23. The molecule has 0 fully saturated rings. The Labute approximate surface area is 155 Å². The molecule has 2 amide bonds. The fraction of sp³-hybridized carbons (Fsp3) is 0.316. The molecular formula is C19H21F3N2OS. The second-order valence-corrected chi connectivity index (χ2v) is 7.32. The first-order valence-electron chi connectivity index (χ1n) is 8.14. The number of hydrogen-bond donors (Lipinski definition) is 2. The summed E-state index contributed by atoms with van der Waals surface area (Å²) in [5.41, 5.74) is 0.327. The van der Waals surface area contributed by atoms with E-state index in [0.29, 0.717) is 0 Å².